The molecule has 2 N–H and O–H groups in total. The van der Waals surface area contributed by atoms with E-state index in [4.69, 9.17) is 10.5 Å². The number of benzene rings is 1. The van der Waals surface area contributed by atoms with E-state index in [1.807, 2.05) is 37.3 Å². The maximum atomic E-state index is 12.4. The number of rotatable bonds is 17. The van der Waals surface area contributed by atoms with Crippen molar-refractivity contribution in [2.75, 3.05) is 0 Å². The Morgan fingerprint density at radius 2 is 1.43 bits per heavy atom. The van der Waals surface area contributed by atoms with Crippen LogP contribution in [-0.4, -0.2) is 11.5 Å². The van der Waals surface area contributed by atoms with Crippen molar-refractivity contribution in [3.63, 3.8) is 0 Å². The van der Waals surface area contributed by atoms with Gasteiger partial charge in [-0.25, -0.2) is 0 Å². The predicted octanol–water partition coefficient (Wildman–Crippen LogP) is 7.04. The van der Waals surface area contributed by atoms with Crippen molar-refractivity contribution >= 4 is 5.91 Å². The monoisotopic (exact) mass is 389 g/mol. The molecule has 1 rings (SSSR count). The summed E-state index contributed by atoms with van der Waals surface area (Å²) in [6, 6.07) is 9.62. The molecule has 3 heteroatoms. The number of hydrogen-bond acceptors (Lipinski definition) is 2. The highest BCUT2D eigenvalue weighted by Crippen LogP contribution is 2.34. The summed E-state index contributed by atoms with van der Waals surface area (Å²) in [4.78, 5) is 12.4. The van der Waals surface area contributed by atoms with Crippen LogP contribution in [0.25, 0.3) is 0 Å². The fourth-order valence-electron chi connectivity index (χ4n) is 4.21. The number of primary amides is 1. The third kappa shape index (κ3) is 8.24. The summed E-state index contributed by atoms with van der Waals surface area (Å²) in [7, 11) is 0. The summed E-state index contributed by atoms with van der Waals surface area (Å²) < 4.78 is 6.23. The highest BCUT2D eigenvalue weighted by Gasteiger charge is 2.44. The first-order valence-corrected chi connectivity index (χ1v) is 11.6. The van der Waals surface area contributed by atoms with Crippen molar-refractivity contribution in [2.24, 2.45) is 11.7 Å². The number of carbonyl (C=O) groups excluding carboxylic acids is 1. The molecule has 0 aliphatic heterocycles. The molecule has 0 saturated heterocycles. The van der Waals surface area contributed by atoms with Gasteiger partial charge in [-0.2, -0.15) is 0 Å². The SMILES string of the molecule is CCCCCCCCCCCCC(CC)C(CC)(Oc1ccccc1)C(N)=O. The van der Waals surface area contributed by atoms with Gasteiger partial charge in [0.2, 0.25) is 0 Å². The molecule has 28 heavy (non-hydrogen) atoms. The van der Waals surface area contributed by atoms with Crippen LogP contribution in [-0.2, 0) is 4.79 Å². The molecule has 3 nitrogen and oxygen atoms in total. The minimum Gasteiger partial charge on any atom is -0.477 e. The van der Waals surface area contributed by atoms with E-state index >= 15 is 0 Å². The quantitative estimate of drug-likeness (QED) is 0.291. The summed E-state index contributed by atoms with van der Waals surface area (Å²) in [6.07, 6.45) is 15.7. The van der Waals surface area contributed by atoms with E-state index in [0.717, 1.165) is 25.0 Å². The van der Waals surface area contributed by atoms with E-state index in [-0.39, 0.29) is 11.8 Å². The first-order chi connectivity index (χ1) is 13.6. The van der Waals surface area contributed by atoms with Crippen molar-refractivity contribution < 1.29 is 9.53 Å². The molecular weight excluding hydrogens is 346 g/mol. The zero-order valence-corrected chi connectivity index (χ0v) is 18.6. The second-order valence-electron chi connectivity index (χ2n) is 8.10. The summed E-state index contributed by atoms with van der Waals surface area (Å²) >= 11 is 0. The van der Waals surface area contributed by atoms with Crippen molar-refractivity contribution in [2.45, 2.75) is 110 Å². The molecule has 0 fully saturated rings. The first-order valence-electron chi connectivity index (χ1n) is 11.6. The third-order valence-electron chi connectivity index (χ3n) is 6.04. The standard InChI is InChI=1S/C25H43NO2/c1-4-7-8-9-10-11-12-13-14-16-19-22(5-2)25(6-3,24(26)27)28-23-20-17-15-18-21-23/h15,17-18,20-22H,4-14,16,19H2,1-3H3,(H2,26,27). The zero-order valence-electron chi connectivity index (χ0n) is 18.6. The van der Waals surface area contributed by atoms with Crippen molar-refractivity contribution in [1.82, 2.24) is 0 Å². The second kappa shape index (κ2) is 14.5. The van der Waals surface area contributed by atoms with Crippen LogP contribution in [0.5, 0.6) is 5.75 Å². The highest BCUT2D eigenvalue weighted by molar-refractivity contribution is 5.84. The molecule has 0 aliphatic carbocycles. The molecule has 0 spiro atoms. The molecule has 1 aromatic carbocycles. The maximum absolute atomic E-state index is 12.4. The maximum Gasteiger partial charge on any atom is 0.261 e. The molecule has 160 valence electrons. The Bertz CT molecular complexity index is 517. The number of hydrogen-bond donors (Lipinski definition) is 1. The number of nitrogens with two attached hydrogens (primary N) is 1. The van der Waals surface area contributed by atoms with Crippen LogP contribution in [0.1, 0.15) is 104 Å². The van der Waals surface area contributed by atoms with E-state index in [0.29, 0.717) is 6.42 Å². The Labute approximate surface area is 173 Å². The molecular formula is C25H43NO2. The fraction of sp³-hybridized carbons (Fsp3) is 0.720. The lowest BCUT2D eigenvalue weighted by molar-refractivity contribution is -0.139. The molecule has 2 atom stereocenters. The Hall–Kier alpha value is -1.51. The number of ether oxygens (including phenoxy) is 1. The molecule has 0 aliphatic rings. The average molecular weight is 390 g/mol. The van der Waals surface area contributed by atoms with Crippen LogP contribution >= 0.6 is 0 Å². The van der Waals surface area contributed by atoms with Crippen molar-refractivity contribution in [3.8, 4) is 5.75 Å². The van der Waals surface area contributed by atoms with Gasteiger partial charge >= 0.3 is 0 Å². The molecule has 2 unspecified atom stereocenters. The van der Waals surface area contributed by atoms with Crippen LogP contribution in [0.4, 0.5) is 0 Å². The average Bonchev–Trinajstić information content (AvgIpc) is 2.71. The van der Waals surface area contributed by atoms with Gasteiger partial charge < -0.3 is 10.5 Å². The molecule has 1 aromatic rings. The topological polar surface area (TPSA) is 52.3 Å². The van der Waals surface area contributed by atoms with Crippen molar-refractivity contribution in [1.29, 1.82) is 0 Å². The predicted molar refractivity (Wildman–Crippen MR) is 120 cm³/mol. The lowest BCUT2D eigenvalue weighted by Crippen LogP contribution is -2.54. The van der Waals surface area contributed by atoms with Crippen LogP contribution in [0.2, 0.25) is 0 Å². The van der Waals surface area contributed by atoms with Crippen LogP contribution in [0, 0.1) is 5.92 Å². The van der Waals surface area contributed by atoms with Gasteiger partial charge in [-0.05, 0) is 31.4 Å². The molecule has 0 heterocycles. The summed E-state index contributed by atoms with van der Waals surface area (Å²) in [6.45, 7) is 6.41. The minimum atomic E-state index is -0.907. The lowest BCUT2D eigenvalue weighted by Gasteiger charge is -2.37. The minimum absolute atomic E-state index is 0.157. The lowest BCUT2D eigenvalue weighted by atomic mass is 9.79. The number of carbonyl (C=O) groups is 1. The van der Waals surface area contributed by atoms with E-state index in [2.05, 4.69) is 13.8 Å². The normalized spacial score (nSPS) is 14.4. The molecule has 0 aromatic heterocycles. The second-order valence-corrected chi connectivity index (χ2v) is 8.10. The van der Waals surface area contributed by atoms with Crippen LogP contribution in [0.15, 0.2) is 30.3 Å². The molecule has 0 bridgehead atoms. The summed E-state index contributed by atoms with van der Waals surface area (Å²) in [5.74, 6) is 0.548. The van der Waals surface area contributed by atoms with Gasteiger partial charge in [0.05, 0.1) is 0 Å². The van der Waals surface area contributed by atoms with Crippen LogP contribution in [0.3, 0.4) is 0 Å². The first kappa shape index (κ1) is 24.5. The summed E-state index contributed by atoms with van der Waals surface area (Å²) in [5, 5.41) is 0. The zero-order chi connectivity index (χ0) is 20.7. The van der Waals surface area contributed by atoms with E-state index in [1.54, 1.807) is 0 Å². The van der Waals surface area contributed by atoms with Crippen molar-refractivity contribution in [3.05, 3.63) is 30.3 Å². The van der Waals surface area contributed by atoms with Gasteiger partial charge in [0.15, 0.2) is 5.60 Å². The Morgan fingerprint density at radius 1 is 0.893 bits per heavy atom. The third-order valence-corrected chi connectivity index (χ3v) is 6.04. The molecule has 0 radical (unpaired) electrons. The smallest absolute Gasteiger partial charge is 0.261 e. The summed E-state index contributed by atoms with van der Waals surface area (Å²) in [5.41, 5.74) is 4.96. The Kier molecular flexibility index (Phi) is 12.7. The van der Waals surface area contributed by atoms with Gasteiger partial charge in [0, 0.05) is 5.92 Å². The Balaban J connectivity index is 2.45. The number of unbranched alkanes of at least 4 members (excludes halogenated alkanes) is 9. The number of amides is 1. The van der Waals surface area contributed by atoms with Gasteiger partial charge in [-0.15, -0.1) is 0 Å². The van der Waals surface area contributed by atoms with E-state index in [9.17, 15) is 4.79 Å². The van der Waals surface area contributed by atoms with Gasteiger partial charge in [-0.3, -0.25) is 4.79 Å². The van der Waals surface area contributed by atoms with Gasteiger partial charge in [0.1, 0.15) is 5.75 Å². The fourth-order valence-corrected chi connectivity index (χ4v) is 4.21. The highest BCUT2D eigenvalue weighted by atomic mass is 16.5. The van der Waals surface area contributed by atoms with E-state index < -0.39 is 5.60 Å². The van der Waals surface area contributed by atoms with Gasteiger partial charge in [0.25, 0.3) is 5.91 Å². The van der Waals surface area contributed by atoms with E-state index in [1.165, 1.54) is 57.8 Å². The largest absolute Gasteiger partial charge is 0.477 e. The van der Waals surface area contributed by atoms with Crippen LogP contribution < -0.4 is 10.5 Å². The van der Waals surface area contributed by atoms with Gasteiger partial charge in [-0.1, -0.05) is 103 Å². The number of para-hydroxylation sites is 1. The molecule has 0 saturated carbocycles. The Morgan fingerprint density at radius 3 is 1.89 bits per heavy atom. The molecule has 1 amide bonds.